The molecule has 0 fully saturated rings. The second-order valence-corrected chi connectivity index (χ2v) is 7.90. The first-order valence-electron chi connectivity index (χ1n) is 9.79. The Morgan fingerprint density at radius 3 is 2.43 bits per heavy atom. The summed E-state index contributed by atoms with van der Waals surface area (Å²) in [5, 5.41) is 8.70. The van der Waals surface area contributed by atoms with E-state index in [9.17, 15) is 9.59 Å². The molecule has 0 spiro atoms. The molecule has 30 heavy (non-hydrogen) atoms. The number of hydrogen-bond donors (Lipinski definition) is 3. The van der Waals surface area contributed by atoms with Gasteiger partial charge in [-0.25, -0.2) is 0 Å². The van der Waals surface area contributed by atoms with Crippen molar-refractivity contribution in [1.82, 2.24) is 5.32 Å². The summed E-state index contributed by atoms with van der Waals surface area (Å²) >= 11 is 8.73. The predicted molar refractivity (Wildman–Crippen MR) is 128 cm³/mol. The highest BCUT2D eigenvalue weighted by Gasteiger charge is 2.13. The van der Waals surface area contributed by atoms with Gasteiger partial charge in [-0.3, -0.25) is 14.9 Å². The third kappa shape index (κ3) is 6.81. The summed E-state index contributed by atoms with van der Waals surface area (Å²) in [6.07, 6.45) is 2.41. The van der Waals surface area contributed by atoms with Crippen LogP contribution in [-0.4, -0.2) is 23.5 Å². The summed E-state index contributed by atoms with van der Waals surface area (Å²) < 4.78 is 6.39. The number of nitrogens with one attached hydrogen (secondary N) is 3. The number of carbonyl (C=O) groups excluding carboxylic acids is 2. The van der Waals surface area contributed by atoms with Crippen molar-refractivity contribution in [3.05, 3.63) is 52.0 Å². The van der Waals surface area contributed by atoms with E-state index in [1.807, 2.05) is 19.1 Å². The van der Waals surface area contributed by atoms with E-state index in [1.54, 1.807) is 31.2 Å². The van der Waals surface area contributed by atoms with E-state index >= 15 is 0 Å². The normalized spacial score (nSPS) is 10.3. The molecule has 0 saturated carbocycles. The molecule has 0 aliphatic rings. The second-order valence-electron chi connectivity index (χ2n) is 6.64. The molecule has 160 valence electrons. The summed E-state index contributed by atoms with van der Waals surface area (Å²) in [6.45, 7) is 6.39. The molecule has 2 amide bonds. The molecule has 0 heterocycles. The minimum Gasteiger partial charge on any atom is -0.492 e. The fourth-order valence-electron chi connectivity index (χ4n) is 2.56. The first-order valence-corrected chi connectivity index (χ1v) is 11.0. The lowest BCUT2D eigenvalue weighted by atomic mass is 10.1. The highest BCUT2D eigenvalue weighted by Crippen LogP contribution is 2.26. The zero-order chi connectivity index (χ0) is 22.1. The third-order valence-corrected chi connectivity index (χ3v) is 5.18. The lowest BCUT2D eigenvalue weighted by Crippen LogP contribution is -2.34. The van der Waals surface area contributed by atoms with E-state index in [0.29, 0.717) is 40.2 Å². The van der Waals surface area contributed by atoms with Crippen LogP contribution in [0, 0.1) is 6.92 Å². The van der Waals surface area contributed by atoms with E-state index in [4.69, 9.17) is 17.0 Å². The standard InChI is InChI=1S/C22H26BrN3O3S/c1-4-6-12-29-19-11-10-15(13-16(19)23)21(28)26-22(30)25-18-9-7-8-17(14(18)3)24-20(27)5-2/h7-11,13H,4-6,12H2,1-3H3,(H,24,27)(H2,25,26,28,30). The van der Waals surface area contributed by atoms with Gasteiger partial charge in [0.15, 0.2) is 5.11 Å². The highest BCUT2D eigenvalue weighted by atomic mass is 79.9. The van der Waals surface area contributed by atoms with Crippen LogP contribution in [0.2, 0.25) is 0 Å². The SMILES string of the molecule is CCCCOc1ccc(C(=O)NC(=S)Nc2cccc(NC(=O)CC)c2C)cc1Br. The van der Waals surface area contributed by atoms with Crippen LogP contribution in [0.25, 0.3) is 0 Å². The summed E-state index contributed by atoms with van der Waals surface area (Å²) in [7, 11) is 0. The van der Waals surface area contributed by atoms with Crippen molar-refractivity contribution in [3.63, 3.8) is 0 Å². The van der Waals surface area contributed by atoms with Gasteiger partial charge in [-0.2, -0.15) is 0 Å². The van der Waals surface area contributed by atoms with Crippen molar-refractivity contribution in [2.75, 3.05) is 17.2 Å². The molecule has 0 aromatic heterocycles. The van der Waals surface area contributed by atoms with E-state index in [2.05, 4.69) is 38.8 Å². The lowest BCUT2D eigenvalue weighted by Gasteiger charge is -2.15. The van der Waals surface area contributed by atoms with E-state index in [0.717, 1.165) is 18.4 Å². The Kier molecular flexibility index (Phi) is 9.26. The molecule has 0 saturated heterocycles. The van der Waals surface area contributed by atoms with Crippen molar-refractivity contribution in [3.8, 4) is 5.75 Å². The Morgan fingerprint density at radius 2 is 1.80 bits per heavy atom. The Bertz CT molecular complexity index is 934. The fraction of sp³-hybridized carbons (Fsp3) is 0.318. The van der Waals surface area contributed by atoms with Gasteiger partial charge in [0.2, 0.25) is 5.91 Å². The molecule has 0 aliphatic carbocycles. The summed E-state index contributed by atoms with van der Waals surface area (Å²) in [5.41, 5.74) is 2.68. The third-order valence-electron chi connectivity index (χ3n) is 4.35. The number of rotatable bonds is 8. The van der Waals surface area contributed by atoms with Gasteiger partial charge in [0.05, 0.1) is 11.1 Å². The van der Waals surface area contributed by atoms with Crippen LogP contribution in [0.4, 0.5) is 11.4 Å². The predicted octanol–water partition coefficient (Wildman–Crippen LogP) is 5.41. The quantitative estimate of drug-likeness (QED) is 0.339. The van der Waals surface area contributed by atoms with Crippen LogP contribution in [0.5, 0.6) is 5.75 Å². The monoisotopic (exact) mass is 491 g/mol. The lowest BCUT2D eigenvalue weighted by molar-refractivity contribution is -0.115. The van der Waals surface area contributed by atoms with Crippen molar-refractivity contribution in [2.24, 2.45) is 0 Å². The number of benzene rings is 2. The van der Waals surface area contributed by atoms with Crippen LogP contribution in [0.15, 0.2) is 40.9 Å². The second kappa shape index (κ2) is 11.7. The van der Waals surface area contributed by atoms with Gasteiger partial charge >= 0.3 is 0 Å². The molecule has 0 unspecified atom stereocenters. The van der Waals surface area contributed by atoms with Crippen LogP contribution in [-0.2, 0) is 4.79 Å². The maximum absolute atomic E-state index is 12.5. The zero-order valence-corrected chi connectivity index (χ0v) is 19.7. The number of anilines is 2. The summed E-state index contributed by atoms with van der Waals surface area (Å²) in [5.74, 6) is 0.294. The fourth-order valence-corrected chi connectivity index (χ4v) is 3.26. The van der Waals surface area contributed by atoms with Gasteiger partial charge in [0, 0.05) is 23.4 Å². The molecular formula is C22H26BrN3O3S. The molecule has 8 heteroatoms. The van der Waals surface area contributed by atoms with Gasteiger partial charge in [0.1, 0.15) is 5.75 Å². The number of thiocarbonyl (C=S) groups is 1. The van der Waals surface area contributed by atoms with Gasteiger partial charge in [-0.05, 0) is 77.4 Å². The van der Waals surface area contributed by atoms with E-state index in [-0.39, 0.29) is 16.9 Å². The first kappa shape index (κ1) is 23.8. The van der Waals surface area contributed by atoms with Crippen molar-refractivity contribution >= 4 is 56.4 Å². The minimum atomic E-state index is -0.332. The van der Waals surface area contributed by atoms with Gasteiger partial charge in [-0.1, -0.05) is 26.3 Å². The molecule has 6 nitrogen and oxygen atoms in total. The van der Waals surface area contributed by atoms with Crippen molar-refractivity contribution < 1.29 is 14.3 Å². The number of hydrogen-bond acceptors (Lipinski definition) is 4. The molecule has 3 N–H and O–H groups in total. The Labute approximate surface area is 190 Å². The van der Waals surface area contributed by atoms with Gasteiger partial charge < -0.3 is 15.4 Å². The average Bonchev–Trinajstić information content (AvgIpc) is 2.72. The molecule has 2 aromatic carbocycles. The number of ether oxygens (including phenoxy) is 1. The smallest absolute Gasteiger partial charge is 0.257 e. The van der Waals surface area contributed by atoms with Crippen LogP contribution in [0.1, 0.15) is 49.0 Å². The molecule has 0 atom stereocenters. The Balaban J connectivity index is 2.01. The maximum atomic E-state index is 12.5. The largest absolute Gasteiger partial charge is 0.492 e. The maximum Gasteiger partial charge on any atom is 0.257 e. The molecule has 0 aliphatic heterocycles. The summed E-state index contributed by atoms with van der Waals surface area (Å²) in [4.78, 5) is 24.2. The Hall–Kier alpha value is -2.45. The van der Waals surface area contributed by atoms with Crippen LogP contribution in [0.3, 0.4) is 0 Å². The molecule has 2 rings (SSSR count). The van der Waals surface area contributed by atoms with Crippen molar-refractivity contribution in [1.29, 1.82) is 0 Å². The van der Waals surface area contributed by atoms with Gasteiger partial charge in [-0.15, -0.1) is 0 Å². The molecular weight excluding hydrogens is 466 g/mol. The topological polar surface area (TPSA) is 79.5 Å². The van der Waals surface area contributed by atoms with Crippen LogP contribution < -0.4 is 20.7 Å². The average molecular weight is 492 g/mol. The Morgan fingerprint density at radius 1 is 1.10 bits per heavy atom. The molecule has 0 radical (unpaired) electrons. The van der Waals surface area contributed by atoms with Crippen molar-refractivity contribution in [2.45, 2.75) is 40.0 Å². The van der Waals surface area contributed by atoms with E-state index < -0.39 is 0 Å². The van der Waals surface area contributed by atoms with Crippen LogP contribution >= 0.6 is 28.1 Å². The first-order chi connectivity index (χ1) is 14.3. The van der Waals surface area contributed by atoms with E-state index in [1.165, 1.54) is 0 Å². The number of amides is 2. The number of unbranched alkanes of at least 4 members (excludes halogenated alkanes) is 1. The minimum absolute atomic E-state index is 0.0705. The number of halogens is 1. The molecule has 2 aromatic rings. The zero-order valence-electron chi connectivity index (χ0n) is 17.3. The van der Waals surface area contributed by atoms with Gasteiger partial charge in [0.25, 0.3) is 5.91 Å². The summed E-state index contributed by atoms with van der Waals surface area (Å²) in [6, 6.07) is 10.6. The highest BCUT2D eigenvalue weighted by molar-refractivity contribution is 9.10. The number of carbonyl (C=O) groups is 2. The molecule has 0 bridgehead atoms.